The number of piperidine rings is 1. The standard InChI is InChI=1S/C23H22F4N6O2/c24-15-6-8-18(9-7-15)33-21(23(25,26)27)20(30-31-33)22(35)29-17-10-12-32(13-11-17)14-19(34)28-16-4-2-1-3-5-16/h1-9,17H,10-14H2,(H,28,34)(H,29,35). The van der Waals surface area contributed by atoms with Crippen LogP contribution >= 0.6 is 0 Å². The molecule has 2 heterocycles. The molecule has 0 spiro atoms. The Labute approximate surface area is 197 Å². The minimum atomic E-state index is -4.92. The van der Waals surface area contributed by atoms with Gasteiger partial charge in [0.1, 0.15) is 5.82 Å². The van der Waals surface area contributed by atoms with E-state index >= 15 is 0 Å². The van der Waals surface area contributed by atoms with Gasteiger partial charge in [-0.25, -0.2) is 9.07 Å². The number of amides is 2. The lowest BCUT2D eigenvalue weighted by atomic mass is 10.0. The summed E-state index contributed by atoms with van der Waals surface area (Å²) < 4.78 is 55.0. The van der Waals surface area contributed by atoms with Crippen molar-refractivity contribution in [2.24, 2.45) is 0 Å². The third-order valence-corrected chi connectivity index (χ3v) is 5.57. The summed E-state index contributed by atoms with van der Waals surface area (Å²) in [4.78, 5) is 26.8. The fourth-order valence-electron chi connectivity index (χ4n) is 3.87. The zero-order valence-corrected chi connectivity index (χ0v) is 18.4. The van der Waals surface area contributed by atoms with Crippen LogP contribution < -0.4 is 10.6 Å². The number of nitrogens with one attached hydrogen (secondary N) is 2. The highest BCUT2D eigenvalue weighted by atomic mass is 19.4. The first-order chi connectivity index (χ1) is 16.7. The number of nitrogens with zero attached hydrogens (tertiary/aromatic N) is 4. The predicted molar refractivity (Wildman–Crippen MR) is 118 cm³/mol. The van der Waals surface area contributed by atoms with E-state index in [1.807, 2.05) is 23.1 Å². The summed E-state index contributed by atoms with van der Waals surface area (Å²) in [5.41, 5.74) is -1.58. The SMILES string of the molecule is O=C(CN1CCC(NC(=O)c2nnn(-c3ccc(F)cc3)c2C(F)(F)F)CC1)Nc1ccccc1. The maximum atomic E-state index is 13.8. The number of benzene rings is 2. The van der Waals surface area contributed by atoms with Crippen LogP contribution in [0, 0.1) is 5.82 Å². The number of halogens is 4. The Morgan fingerprint density at radius 2 is 1.66 bits per heavy atom. The van der Waals surface area contributed by atoms with Crippen molar-refractivity contribution < 1.29 is 27.2 Å². The molecule has 0 radical (unpaired) electrons. The summed E-state index contributed by atoms with van der Waals surface area (Å²) in [6.45, 7) is 1.14. The van der Waals surface area contributed by atoms with Crippen LogP contribution in [0.2, 0.25) is 0 Å². The maximum Gasteiger partial charge on any atom is 0.435 e. The first-order valence-electron chi connectivity index (χ1n) is 10.9. The Morgan fingerprint density at radius 1 is 1.00 bits per heavy atom. The van der Waals surface area contributed by atoms with Crippen LogP contribution in [-0.2, 0) is 11.0 Å². The van der Waals surface area contributed by atoms with Gasteiger partial charge in [0.15, 0.2) is 11.4 Å². The lowest BCUT2D eigenvalue weighted by molar-refractivity contribution is -0.143. The van der Waals surface area contributed by atoms with Gasteiger partial charge in [-0.3, -0.25) is 14.5 Å². The molecule has 0 atom stereocenters. The van der Waals surface area contributed by atoms with Crippen molar-refractivity contribution >= 4 is 17.5 Å². The van der Waals surface area contributed by atoms with Gasteiger partial charge in [-0.05, 0) is 49.2 Å². The molecule has 12 heteroatoms. The van der Waals surface area contributed by atoms with Gasteiger partial charge in [-0.1, -0.05) is 23.4 Å². The minimum absolute atomic E-state index is 0.0765. The number of para-hydroxylation sites is 1. The highest BCUT2D eigenvalue weighted by molar-refractivity contribution is 5.94. The molecule has 1 fully saturated rings. The van der Waals surface area contributed by atoms with Crippen LogP contribution in [0.4, 0.5) is 23.2 Å². The number of anilines is 1. The second-order valence-corrected chi connectivity index (χ2v) is 8.11. The Hall–Kier alpha value is -3.80. The van der Waals surface area contributed by atoms with Gasteiger partial charge in [0.25, 0.3) is 5.91 Å². The molecular formula is C23H22F4N6O2. The van der Waals surface area contributed by atoms with Gasteiger partial charge in [-0.15, -0.1) is 5.10 Å². The first kappa shape index (κ1) is 24.3. The van der Waals surface area contributed by atoms with Crippen molar-refractivity contribution in [1.82, 2.24) is 25.2 Å². The fraction of sp³-hybridized carbons (Fsp3) is 0.304. The Kier molecular flexibility index (Phi) is 7.10. The Morgan fingerprint density at radius 3 is 2.29 bits per heavy atom. The zero-order valence-electron chi connectivity index (χ0n) is 18.4. The summed E-state index contributed by atoms with van der Waals surface area (Å²) in [6, 6.07) is 12.9. The smallest absolute Gasteiger partial charge is 0.348 e. The summed E-state index contributed by atoms with van der Waals surface area (Å²) in [7, 11) is 0. The number of carbonyl (C=O) groups is 2. The van der Waals surface area contributed by atoms with Crippen LogP contribution in [0.3, 0.4) is 0 Å². The number of rotatable bonds is 6. The quantitative estimate of drug-likeness (QED) is 0.518. The normalized spacial score (nSPS) is 15.1. The van der Waals surface area contributed by atoms with E-state index in [0.29, 0.717) is 36.3 Å². The van der Waals surface area contributed by atoms with E-state index < -0.39 is 29.3 Å². The molecule has 0 saturated carbocycles. The van der Waals surface area contributed by atoms with E-state index in [4.69, 9.17) is 0 Å². The molecule has 0 unspecified atom stereocenters. The molecule has 2 aromatic carbocycles. The van der Waals surface area contributed by atoms with Gasteiger partial charge < -0.3 is 10.6 Å². The number of hydrogen-bond acceptors (Lipinski definition) is 5. The average molecular weight is 490 g/mol. The van der Waals surface area contributed by atoms with Crippen molar-refractivity contribution in [2.45, 2.75) is 25.1 Å². The summed E-state index contributed by atoms with van der Waals surface area (Å²) >= 11 is 0. The highest BCUT2D eigenvalue weighted by Gasteiger charge is 2.42. The maximum absolute atomic E-state index is 13.8. The number of alkyl halides is 3. The second-order valence-electron chi connectivity index (χ2n) is 8.11. The number of hydrogen-bond donors (Lipinski definition) is 2. The molecule has 1 aliphatic heterocycles. The third-order valence-electron chi connectivity index (χ3n) is 5.57. The van der Waals surface area contributed by atoms with E-state index in [9.17, 15) is 27.2 Å². The topological polar surface area (TPSA) is 92.2 Å². The average Bonchev–Trinajstić information content (AvgIpc) is 3.28. The molecule has 1 saturated heterocycles. The molecule has 1 aromatic heterocycles. The predicted octanol–water partition coefficient (Wildman–Crippen LogP) is 3.26. The van der Waals surface area contributed by atoms with Gasteiger partial charge in [-0.2, -0.15) is 13.2 Å². The molecule has 2 amide bonds. The molecule has 2 N–H and O–H groups in total. The zero-order chi connectivity index (χ0) is 25.0. The molecule has 184 valence electrons. The van der Waals surface area contributed by atoms with Crippen LogP contribution in [0.15, 0.2) is 54.6 Å². The monoisotopic (exact) mass is 490 g/mol. The highest BCUT2D eigenvalue weighted by Crippen LogP contribution is 2.33. The van der Waals surface area contributed by atoms with E-state index in [0.717, 1.165) is 24.3 Å². The van der Waals surface area contributed by atoms with Crippen LogP contribution in [0.25, 0.3) is 5.69 Å². The van der Waals surface area contributed by atoms with Gasteiger partial charge in [0.2, 0.25) is 5.91 Å². The Balaban J connectivity index is 1.36. The molecule has 8 nitrogen and oxygen atoms in total. The van der Waals surface area contributed by atoms with E-state index in [-0.39, 0.29) is 24.2 Å². The molecule has 1 aliphatic rings. The molecule has 4 rings (SSSR count). The fourth-order valence-corrected chi connectivity index (χ4v) is 3.87. The molecular weight excluding hydrogens is 468 g/mol. The van der Waals surface area contributed by atoms with Crippen LogP contribution in [0.1, 0.15) is 29.0 Å². The largest absolute Gasteiger partial charge is 0.435 e. The van der Waals surface area contributed by atoms with Crippen molar-refractivity contribution in [3.05, 3.63) is 71.8 Å². The summed E-state index contributed by atoms with van der Waals surface area (Å²) in [5.74, 6) is -1.79. The summed E-state index contributed by atoms with van der Waals surface area (Å²) in [6.07, 6.45) is -4.00. The lowest BCUT2D eigenvalue weighted by Gasteiger charge is -2.31. The molecule has 3 aromatic rings. The number of carbonyl (C=O) groups excluding carboxylic acids is 2. The van der Waals surface area contributed by atoms with Gasteiger partial charge in [0.05, 0.1) is 12.2 Å². The number of aromatic nitrogens is 3. The van der Waals surface area contributed by atoms with Crippen molar-refractivity contribution in [1.29, 1.82) is 0 Å². The molecule has 35 heavy (non-hydrogen) atoms. The van der Waals surface area contributed by atoms with Crippen molar-refractivity contribution in [2.75, 3.05) is 25.0 Å². The van der Waals surface area contributed by atoms with Crippen molar-refractivity contribution in [3.8, 4) is 5.69 Å². The first-order valence-corrected chi connectivity index (χ1v) is 10.9. The molecule has 0 bridgehead atoms. The van der Waals surface area contributed by atoms with Gasteiger partial charge in [0, 0.05) is 24.8 Å². The lowest BCUT2D eigenvalue weighted by Crippen LogP contribution is -2.46. The van der Waals surface area contributed by atoms with E-state index in [1.165, 1.54) is 0 Å². The third kappa shape index (κ3) is 6.01. The second kappa shape index (κ2) is 10.2. The van der Waals surface area contributed by atoms with Crippen molar-refractivity contribution in [3.63, 3.8) is 0 Å². The van der Waals surface area contributed by atoms with Gasteiger partial charge >= 0.3 is 6.18 Å². The molecule has 0 aliphatic carbocycles. The number of likely N-dealkylation sites (tertiary alicyclic amines) is 1. The van der Waals surface area contributed by atoms with E-state index in [2.05, 4.69) is 20.9 Å². The summed E-state index contributed by atoms with van der Waals surface area (Å²) in [5, 5.41) is 12.3. The Bertz CT molecular complexity index is 1170. The van der Waals surface area contributed by atoms with Crippen LogP contribution in [0.5, 0.6) is 0 Å². The van der Waals surface area contributed by atoms with Crippen LogP contribution in [-0.4, -0.2) is 57.4 Å². The minimum Gasteiger partial charge on any atom is -0.348 e. The van der Waals surface area contributed by atoms with E-state index in [1.54, 1.807) is 12.1 Å².